The molecule has 1 saturated carbocycles. The van der Waals surface area contributed by atoms with Gasteiger partial charge in [0.2, 0.25) is 5.91 Å². The van der Waals surface area contributed by atoms with E-state index in [2.05, 4.69) is 45.1 Å². The summed E-state index contributed by atoms with van der Waals surface area (Å²) in [5.74, 6) is 0.0284. The van der Waals surface area contributed by atoms with Gasteiger partial charge in [0.15, 0.2) is 0 Å². The van der Waals surface area contributed by atoms with E-state index in [9.17, 15) is 9.59 Å². The van der Waals surface area contributed by atoms with Crippen molar-refractivity contribution in [3.8, 4) is 0 Å². The topological polar surface area (TPSA) is 73.5 Å². The van der Waals surface area contributed by atoms with Crippen LogP contribution in [0.3, 0.4) is 0 Å². The summed E-state index contributed by atoms with van der Waals surface area (Å²) >= 11 is 0. The highest BCUT2D eigenvalue weighted by molar-refractivity contribution is 5.76. The Bertz CT molecular complexity index is 635. The SMILES string of the molecule is O=C(CCCNC(=O)NC1CCCCC1)NCc1ccc(CN2CCCC2)cc1. The van der Waals surface area contributed by atoms with Gasteiger partial charge < -0.3 is 16.0 Å². The molecule has 0 aromatic heterocycles. The van der Waals surface area contributed by atoms with Gasteiger partial charge in [-0.25, -0.2) is 4.79 Å². The maximum Gasteiger partial charge on any atom is 0.315 e. The van der Waals surface area contributed by atoms with E-state index in [1.807, 2.05) is 0 Å². The Morgan fingerprint density at radius 3 is 2.31 bits per heavy atom. The molecule has 0 spiro atoms. The van der Waals surface area contributed by atoms with Crippen LogP contribution in [-0.4, -0.2) is 42.5 Å². The van der Waals surface area contributed by atoms with Gasteiger partial charge in [-0.2, -0.15) is 0 Å². The second-order valence-corrected chi connectivity index (χ2v) is 8.42. The molecule has 6 nitrogen and oxygen atoms in total. The summed E-state index contributed by atoms with van der Waals surface area (Å²) in [4.78, 5) is 26.4. The van der Waals surface area contributed by atoms with Crippen LogP contribution in [0.15, 0.2) is 24.3 Å². The normalized spacial score (nSPS) is 17.8. The summed E-state index contributed by atoms with van der Waals surface area (Å²) in [6.07, 6.45) is 9.53. The van der Waals surface area contributed by atoms with Crippen LogP contribution in [0.2, 0.25) is 0 Å². The van der Waals surface area contributed by atoms with E-state index in [1.54, 1.807) is 0 Å². The average molecular weight is 401 g/mol. The Labute approximate surface area is 174 Å². The predicted octanol–water partition coefficient (Wildman–Crippen LogP) is 3.31. The maximum atomic E-state index is 12.0. The summed E-state index contributed by atoms with van der Waals surface area (Å²) in [5, 5.41) is 8.86. The van der Waals surface area contributed by atoms with Crippen molar-refractivity contribution in [2.24, 2.45) is 0 Å². The quantitative estimate of drug-likeness (QED) is 0.557. The molecule has 1 aliphatic heterocycles. The number of hydrogen-bond donors (Lipinski definition) is 3. The lowest BCUT2D eigenvalue weighted by molar-refractivity contribution is -0.121. The molecule has 1 heterocycles. The second-order valence-electron chi connectivity index (χ2n) is 8.42. The van der Waals surface area contributed by atoms with Gasteiger partial charge in [0.05, 0.1) is 0 Å². The summed E-state index contributed by atoms with van der Waals surface area (Å²) in [6, 6.07) is 8.73. The summed E-state index contributed by atoms with van der Waals surface area (Å²) < 4.78 is 0. The fourth-order valence-electron chi connectivity index (χ4n) is 4.18. The van der Waals surface area contributed by atoms with Crippen molar-refractivity contribution in [3.05, 3.63) is 35.4 Å². The summed E-state index contributed by atoms with van der Waals surface area (Å²) in [7, 11) is 0. The van der Waals surface area contributed by atoms with Gasteiger partial charge >= 0.3 is 6.03 Å². The van der Waals surface area contributed by atoms with Crippen LogP contribution in [0.1, 0.15) is 68.9 Å². The number of carbonyl (C=O) groups excluding carboxylic acids is 2. The Morgan fingerprint density at radius 2 is 1.59 bits per heavy atom. The Morgan fingerprint density at radius 1 is 0.897 bits per heavy atom. The first kappa shape index (κ1) is 21.6. The molecule has 160 valence electrons. The number of hydrogen-bond acceptors (Lipinski definition) is 3. The van der Waals surface area contributed by atoms with E-state index in [4.69, 9.17) is 0 Å². The van der Waals surface area contributed by atoms with Crippen LogP contribution >= 0.6 is 0 Å². The van der Waals surface area contributed by atoms with E-state index in [-0.39, 0.29) is 11.9 Å². The first-order chi connectivity index (χ1) is 14.2. The first-order valence-electron chi connectivity index (χ1n) is 11.3. The van der Waals surface area contributed by atoms with Crippen molar-refractivity contribution in [2.75, 3.05) is 19.6 Å². The number of benzene rings is 1. The molecule has 3 rings (SSSR count). The number of urea groups is 1. The third-order valence-electron chi connectivity index (χ3n) is 5.92. The number of carbonyl (C=O) groups is 2. The molecule has 2 fully saturated rings. The number of amides is 3. The van der Waals surface area contributed by atoms with Crippen molar-refractivity contribution >= 4 is 11.9 Å². The average Bonchev–Trinajstić information content (AvgIpc) is 3.24. The van der Waals surface area contributed by atoms with Crippen LogP contribution in [0.4, 0.5) is 4.79 Å². The lowest BCUT2D eigenvalue weighted by Gasteiger charge is -2.22. The molecular weight excluding hydrogens is 364 g/mol. The molecule has 1 aromatic carbocycles. The number of nitrogens with one attached hydrogen (secondary N) is 3. The largest absolute Gasteiger partial charge is 0.352 e. The van der Waals surface area contributed by atoms with Gasteiger partial charge in [-0.3, -0.25) is 9.69 Å². The van der Waals surface area contributed by atoms with Gasteiger partial charge in [0, 0.05) is 32.1 Å². The molecule has 3 amide bonds. The fourth-order valence-corrected chi connectivity index (χ4v) is 4.18. The smallest absolute Gasteiger partial charge is 0.315 e. The Balaban J connectivity index is 1.24. The minimum absolute atomic E-state index is 0.0284. The van der Waals surface area contributed by atoms with Crippen LogP contribution in [0.5, 0.6) is 0 Å². The molecule has 0 bridgehead atoms. The van der Waals surface area contributed by atoms with Crippen LogP contribution in [-0.2, 0) is 17.9 Å². The standard InChI is InChI=1S/C23H36N4O2/c28-22(9-6-14-24-23(29)26-21-7-2-1-3-8-21)25-17-19-10-12-20(13-11-19)18-27-15-4-5-16-27/h10-13,21H,1-9,14-18H2,(H,25,28)(H2,24,26,29). The summed E-state index contributed by atoms with van der Waals surface area (Å²) in [6.45, 7) is 4.51. The zero-order valence-corrected chi connectivity index (χ0v) is 17.5. The summed E-state index contributed by atoms with van der Waals surface area (Å²) in [5.41, 5.74) is 2.45. The molecule has 29 heavy (non-hydrogen) atoms. The van der Waals surface area contributed by atoms with E-state index >= 15 is 0 Å². The van der Waals surface area contributed by atoms with E-state index < -0.39 is 0 Å². The third-order valence-corrected chi connectivity index (χ3v) is 5.92. The molecule has 1 aromatic rings. The molecule has 0 atom stereocenters. The van der Waals surface area contributed by atoms with Crippen LogP contribution in [0, 0.1) is 0 Å². The minimum atomic E-state index is -0.105. The van der Waals surface area contributed by atoms with Gasteiger partial charge in [-0.15, -0.1) is 0 Å². The minimum Gasteiger partial charge on any atom is -0.352 e. The van der Waals surface area contributed by atoms with Gasteiger partial charge in [0.1, 0.15) is 0 Å². The zero-order valence-electron chi connectivity index (χ0n) is 17.5. The molecule has 3 N–H and O–H groups in total. The van der Waals surface area contributed by atoms with E-state index in [1.165, 1.54) is 50.8 Å². The maximum absolute atomic E-state index is 12.0. The second kappa shape index (κ2) is 11.8. The van der Waals surface area contributed by atoms with Gasteiger partial charge in [-0.05, 0) is 56.3 Å². The Kier molecular flexibility index (Phi) is 8.81. The van der Waals surface area contributed by atoms with Crippen LogP contribution in [0.25, 0.3) is 0 Å². The van der Waals surface area contributed by atoms with Gasteiger partial charge in [0.25, 0.3) is 0 Å². The molecule has 6 heteroatoms. The zero-order chi connectivity index (χ0) is 20.3. The van der Waals surface area contributed by atoms with Crippen molar-refractivity contribution in [1.29, 1.82) is 0 Å². The molecule has 0 unspecified atom stereocenters. The lowest BCUT2D eigenvalue weighted by Crippen LogP contribution is -2.43. The Hall–Kier alpha value is -2.08. The lowest BCUT2D eigenvalue weighted by atomic mass is 9.96. The highest BCUT2D eigenvalue weighted by Crippen LogP contribution is 2.17. The number of likely N-dealkylation sites (tertiary alicyclic amines) is 1. The molecule has 1 saturated heterocycles. The van der Waals surface area contributed by atoms with Crippen molar-refractivity contribution in [2.45, 2.75) is 76.9 Å². The van der Waals surface area contributed by atoms with E-state index in [0.29, 0.717) is 32.0 Å². The van der Waals surface area contributed by atoms with E-state index in [0.717, 1.165) is 24.9 Å². The highest BCUT2D eigenvalue weighted by atomic mass is 16.2. The van der Waals surface area contributed by atoms with Crippen molar-refractivity contribution in [3.63, 3.8) is 0 Å². The first-order valence-corrected chi connectivity index (χ1v) is 11.3. The van der Waals surface area contributed by atoms with Crippen molar-refractivity contribution < 1.29 is 9.59 Å². The molecule has 2 aliphatic rings. The molecule has 1 aliphatic carbocycles. The number of rotatable bonds is 9. The number of nitrogens with zero attached hydrogens (tertiary/aromatic N) is 1. The fraction of sp³-hybridized carbons (Fsp3) is 0.652. The third kappa shape index (κ3) is 8.05. The molecular formula is C23H36N4O2. The van der Waals surface area contributed by atoms with Crippen molar-refractivity contribution in [1.82, 2.24) is 20.9 Å². The predicted molar refractivity (Wildman–Crippen MR) is 115 cm³/mol. The van der Waals surface area contributed by atoms with Crippen LogP contribution < -0.4 is 16.0 Å². The molecule has 0 radical (unpaired) electrons. The highest BCUT2D eigenvalue weighted by Gasteiger charge is 2.15. The van der Waals surface area contributed by atoms with Gasteiger partial charge in [-0.1, -0.05) is 43.5 Å². The monoisotopic (exact) mass is 400 g/mol.